The van der Waals surface area contributed by atoms with Crippen molar-refractivity contribution in [3.63, 3.8) is 0 Å². The normalized spacial score (nSPS) is 14.2. The minimum absolute atomic E-state index is 0.108. The number of aliphatic hydroxyl groups is 1. The summed E-state index contributed by atoms with van der Waals surface area (Å²) in [7, 11) is -9.92. The maximum atomic E-state index is 13.1. The fourth-order valence-corrected chi connectivity index (χ4v) is 14.0. The number of aliphatic hydroxyl groups excluding tert-OH is 1. The van der Waals surface area contributed by atoms with Gasteiger partial charge in [-0.25, -0.2) is 9.13 Å². The van der Waals surface area contributed by atoms with E-state index in [4.69, 9.17) is 37.0 Å². The summed E-state index contributed by atoms with van der Waals surface area (Å²) < 4.78 is 68.8. The van der Waals surface area contributed by atoms with E-state index in [1.165, 1.54) is 231 Å². The van der Waals surface area contributed by atoms with Crippen molar-refractivity contribution >= 4 is 39.5 Å². The standard InChI is InChI=1S/C81H158O17P2/c1-8-10-11-12-13-14-15-16-18-22-29-34-43-50-57-64-81(86)98-77(69-92-79(84)63-56-49-42-37-36-40-47-54-61-74(7)9-2)71-96-100(89,90)94-67-75(82)66-93-99(87,88)95-70-76(68-91-78(83)62-55-48-41-33-28-25-24-27-32-39-46-53-60-73(5)6)97-80(85)65-58-51-44-35-30-23-20-17-19-21-26-31-38-45-52-59-72(3)4/h72-77,82H,8-71H2,1-7H3,(H,87,88)(H,89,90)/t74?,75-,76-,77-/m1/s1. The molecule has 0 saturated heterocycles. The highest BCUT2D eigenvalue weighted by molar-refractivity contribution is 7.47. The van der Waals surface area contributed by atoms with Crippen LogP contribution in [0.2, 0.25) is 0 Å². The summed E-state index contributed by atoms with van der Waals surface area (Å²) in [4.78, 5) is 73.1. The van der Waals surface area contributed by atoms with Crippen LogP contribution >= 0.6 is 15.6 Å². The lowest BCUT2D eigenvalue weighted by Gasteiger charge is -2.21. The summed E-state index contributed by atoms with van der Waals surface area (Å²) in [6.07, 6.45) is 59.5. The largest absolute Gasteiger partial charge is 0.472 e. The van der Waals surface area contributed by atoms with E-state index in [0.717, 1.165) is 108 Å². The van der Waals surface area contributed by atoms with Gasteiger partial charge >= 0.3 is 39.5 Å². The third-order valence-electron chi connectivity index (χ3n) is 19.2. The summed E-state index contributed by atoms with van der Waals surface area (Å²) in [5, 5.41) is 10.6. The molecule has 3 unspecified atom stereocenters. The minimum Gasteiger partial charge on any atom is -0.462 e. The zero-order valence-electron chi connectivity index (χ0n) is 65.7. The van der Waals surface area contributed by atoms with Crippen molar-refractivity contribution in [1.82, 2.24) is 0 Å². The Morgan fingerprint density at radius 3 is 0.760 bits per heavy atom. The molecular formula is C81H158O17P2. The highest BCUT2D eigenvalue weighted by Crippen LogP contribution is 2.45. The van der Waals surface area contributed by atoms with Gasteiger partial charge in [-0.3, -0.25) is 37.3 Å². The third kappa shape index (κ3) is 73.0. The molecule has 594 valence electrons. The summed E-state index contributed by atoms with van der Waals surface area (Å²) in [6, 6.07) is 0. The van der Waals surface area contributed by atoms with E-state index in [1.807, 2.05) is 0 Å². The third-order valence-corrected chi connectivity index (χ3v) is 21.1. The molecule has 0 aromatic heterocycles. The molecule has 0 heterocycles. The molecule has 17 nitrogen and oxygen atoms in total. The van der Waals surface area contributed by atoms with Crippen molar-refractivity contribution in [3.8, 4) is 0 Å². The summed E-state index contributed by atoms with van der Waals surface area (Å²) in [5.74, 6) is 0.253. The van der Waals surface area contributed by atoms with E-state index in [2.05, 4.69) is 48.5 Å². The molecule has 0 radical (unpaired) electrons. The lowest BCUT2D eigenvalue weighted by atomic mass is 9.99. The van der Waals surface area contributed by atoms with Crippen LogP contribution < -0.4 is 0 Å². The molecule has 19 heteroatoms. The van der Waals surface area contributed by atoms with Crippen molar-refractivity contribution in [3.05, 3.63) is 0 Å². The van der Waals surface area contributed by atoms with E-state index >= 15 is 0 Å². The second-order valence-corrected chi connectivity index (χ2v) is 33.3. The first-order valence-corrected chi connectivity index (χ1v) is 44.9. The first-order chi connectivity index (χ1) is 48.3. The Balaban J connectivity index is 5.27. The van der Waals surface area contributed by atoms with Gasteiger partial charge in [0.25, 0.3) is 0 Å². The number of esters is 4. The fraction of sp³-hybridized carbons (Fsp3) is 0.951. The van der Waals surface area contributed by atoms with Gasteiger partial charge in [0.2, 0.25) is 0 Å². The number of phosphoric ester groups is 2. The first kappa shape index (κ1) is 98.1. The molecule has 0 rings (SSSR count). The molecule has 0 bridgehead atoms. The van der Waals surface area contributed by atoms with Crippen LogP contribution in [0.3, 0.4) is 0 Å². The van der Waals surface area contributed by atoms with Crippen molar-refractivity contribution in [2.24, 2.45) is 17.8 Å². The molecule has 3 N–H and O–H groups in total. The topological polar surface area (TPSA) is 237 Å². The number of carbonyl (C=O) groups is 4. The van der Waals surface area contributed by atoms with Crippen LogP contribution in [0.1, 0.15) is 421 Å². The van der Waals surface area contributed by atoms with Crippen molar-refractivity contribution in [2.45, 2.75) is 439 Å². The second-order valence-electron chi connectivity index (χ2n) is 30.4. The van der Waals surface area contributed by atoms with Gasteiger partial charge in [-0.1, -0.05) is 370 Å². The van der Waals surface area contributed by atoms with Crippen LogP contribution in [0.25, 0.3) is 0 Å². The van der Waals surface area contributed by atoms with Gasteiger partial charge in [-0.15, -0.1) is 0 Å². The Morgan fingerprint density at radius 2 is 0.510 bits per heavy atom. The molecule has 6 atom stereocenters. The molecular weight excluding hydrogens is 1310 g/mol. The lowest BCUT2D eigenvalue weighted by molar-refractivity contribution is -0.161. The summed E-state index contributed by atoms with van der Waals surface area (Å²) >= 11 is 0. The van der Waals surface area contributed by atoms with E-state index in [-0.39, 0.29) is 25.7 Å². The Kier molecular flexibility index (Phi) is 69.9. The number of hydrogen-bond donors (Lipinski definition) is 3. The monoisotopic (exact) mass is 1470 g/mol. The van der Waals surface area contributed by atoms with Gasteiger partial charge < -0.3 is 33.8 Å². The van der Waals surface area contributed by atoms with Gasteiger partial charge in [0, 0.05) is 25.7 Å². The Morgan fingerprint density at radius 1 is 0.290 bits per heavy atom. The number of ether oxygens (including phenoxy) is 4. The quantitative estimate of drug-likeness (QED) is 0.0222. The highest BCUT2D eigenvalue weighted by atomic mass is 31.2. The fourth-order valence-electron chi connectivity index (χ4n) is 12.5. The first-order valence-electron chi connectivity index (χ1n) is 41.9. The molecule has 0 aliphatic carbocycles. The SMILES string of the molecule is CCCCCCCCCCCCCCCCCC(=O)O[C@H](COC(=O)CCCCCCCCCCC(C)CC)COP(=O)(O)OC[C@H](O)COP(=O)(O)OC[C@@H](COC(=O)CCCCCCCCCCCCCCC(C)C)OC(=O)CCCCCCCCCCCCCCCCCC(C)C. The van der Waals surface area contributed by atoms with Gasteiger partial charge in [-0.2, -0.15) is 0 Å². The number of unbranched alkanes of at least 4 members (excludes halogenated alkanes) is 46. The maximum Gasteiger partial charge on any atom is 0.472 e. The Bertz CT molecular complexity index is 1940. The van der Waals surface area contributed by atoms with Crippen LogP contribution in [-0.4, -0.2) is 96.7 Å². The molecule has 0 spiro atoms. The molecule has 0 saturated carbocycles. The molecule has 0 aromatic rings. The minimum atomic E-state index is -4.96. The zero-order valence-corrected chi connectivity index (χ0v) is 67.5. The van der Waals surface area contributed by atoms with Crippen LogP contribution in [0.15, 0.2) is 0 Å². The summed E-state index contributed by atoms with van der Waals surface area (Å²) in [5.41, 5.74) is 0. The van der Waals surface area contributed by atoms with Gasteiger partial charge in [0.1, 0.15) is 19.3 Å². The maximum absolute atomic E-state index is 13.1. The predicted octanol–water partition coefficient (Wildman–Crippen LogP) is 24.1. The molecule has 0 amide bonds. The van der Waals surface area contributed by atoms with E-state index in [1.54, 1.807) is 0 Å². The van der Waals surface area contributed by atoms with Gasteiger partial charge in [-0.05, 0) is 43.4 Å². The number of phosphoric acid groups is 2. The van der Waals surface area contributed by atoms with E-state index in [0.29, 0.717) is 25.7 Å². The summed E-state index contributed by atoms with van der Waals surface area (Å²) in [6.45, 7) is 12.0. The highest BCUT2D eigenvalue weighted by Gasteiger charge is 2.30. The zero-order chi connectivity index (χ0) is 73.7. The van der Waals surface area contributed by atoms with Crippen LogP contribution in [0.5, 0.6) is 0 Å². The van der Waals surface area contributed by atoms with Crippen LogP contribution in [0, 0.1) is 17.8 Å². The van der Waals surface area contributed by atoms with Crippen LogP contribution in [-0.2, 0) is 65.4 Å². The lowest BCUT2D eigenvalue weighted by Crippen LogP contribution is -2.30. The average molecular weight is 1470 g/mol. The Labute approximate surface area is 613 Å². The van der Waals surface area contributed by atoms with Crippen molar-refractivity contribution in [1.29, 1.82) is 0 Å². The van der Waals surface area contributed by atoms with Gasteiger partial charge in [0.05, 0.1) is 26.4 Å². The number of rotatable bonds is 79. The number of hydrogen-bond acceptors (Lipinski definition) is 15. The Hall–Kier alpha value is -1.94. The molecule has 0 fully saturated rings. The van der Waals surface area contributed by atoms with Crippen molar-refractivity contribution < 1.29 is 80.2 Å². The van der Waals surface area contributed by atoms with Crippen molar-refractivity contribution in [2.75, 3.05) is 39.6 Å². The second kappa shape index (κ2) is 71.3. The van der Waals surface area contributed by atoms with Gasteiger partial charge in [0.15, 0.2) is 12.2 Å². The molecule has 0 aromatic carbocycles. The number of carbonyl (C=O) groups excluding carboxylic acids is 4. The van der Waals surface area contributed by atoms with Crippen LogP contribution in [0.4, 0.5) is 0 Å². The molecule has 0 aliphatic heterocycles. The predicted molar refractivity (Wildman–Crippen MR) is 409 cm³/mol. The van der Waals surface area contributed by atoms with E-state index < -0.39 is 97.5 Å². The smallest absolute Gasteiger partial charge is 0.462 e. The average Bonchev–Trinajstić information content (AvgIpc) is 0.925. The van der Waals surface area contributed by atoms with E-state index in [9.17, 15) is 43.2 Å². The molecule has 0 aliphatic rings. The molecule has 100 heavy (non-hydrogen) atoms.